The van der Waals surface area contributed by atoms with Gasteiger partial charge in [-0.05, 0) is 32.0 Å². The average molecular weight is 270 g/mol. The number of hydrogen-bond donors (Lipinski definition) is 1. The van der Waals surface area contributed by atoms with Crippen molar-refractivity contribution in [2.45, 2.75) is 26.7 Å². The van der Waals surface area contributed by atoms with Crippen molar-refractivity contribution < 1.29 is 4.79 Å². The molecular formula is C17H22N2O. The Morgan fingerprint density at radius 3 is 2.75 bits per heavy atom. The molecule has 1 heterocycles. The summed E-state index contributed by atoms with van der Waals surface area (Å²) in [5.41, 5.74) is 3.17. The van der Waals surface area contributed by atoms with Crippen LogP contribution in [0, 0.1) is 5.92 Å². The van der Waals surface area contributed by atoms with Crippen LogP contribution in [0.15, 0.2) is 24.3 Å². The molecule has 0 fully saturated rings. The second-order valence-electron chi connectivity index (χ2n) is 5.61. The summed E-state index contributed by atoms with van der Waals surface area (Å²) < 4.78 is 0. The minimum absolute atomic E-state index is 0.154. The zero-order valence-corrected chi connectivity index (χ0v) is 12.3. The number of hydrogen-bond acceptors (Lipinski definition) is 2. The van der Waals surface area contributed by atoms with Gasteiger partial charge in [0.05, 0.1) is 0 Å². The van der Waals surface area contributed by atoms with E-state index in [1.54, 1.807) is 0 Å². The van der Waals surface area contributed by atoms with Crippen LogP contribution in [-0.2, 0) is 6.42 Å². The van der Waals surface area contributed by atoms with E-state index in [1.807, 2.05) is 12.1 Å². The first kappa shape index (κ1) is 13.4. The van der Waals surface area contributed by atoms with E-state index in [2.05, 4.69) is 35.9 Å². The number of nitrogens with zero attached hydrogens (tertiary/aromatic N) is 1. The van der Waals surface area contributed by atoms with Crippen molar-refractivity contribution >= 4 is 16.7 Å². The maximum Gasteiger partial charge on any atom is 0.169 e. The van der Waals surface area contributed by atoms with Gasteiger partial charge < -0.3 is 9.88 Å². The van der Waals surface area contributed by atoms with Crippen LogP contribution < -0.4 is 0 Å². The maximum atomic E-state index is 12.8. The number of aromatic amines is 1. The average Bonchev–Trinajstić information content (AvgIpc) is 2.86. The zero-order chi connectivity index (χ0) is 14.1. The third-order valence-electron chi connectivity index (χ3n) is 4.52. The van der Waals surface area contributed by atoms with Crippen molar-refractivity contribution in [3.8, 4) is 0 Å². The molecule has 2 aromatic rings. The van der Waals surface area contributed by atoms with Gasteiger partial charge in [0.1, 0.15) is 0 Å². The smallest absolute Gasteiger partial charge is 0.169 e. The molecule has 1 unspecified atom stereocenters. The Morgan fingerprint density at radius 1 is 1.25 bits per heavy atom. The van der Waals surface area contributed by atoms with Gasteiger partial charge >= 0.3 is 0 Å². The summed E-state index contributed by atoms with van der Waals surface area (Å²) in [5, 5.41) is 1.09. The van der Waals surface area contributed by atoms with Crippen LogP contribution in [0.3, 0.4) is 0 Å². The van der Waals surface area contributed by atoms with E-state index in [9.17, 15) is 4.79 Å². The normalized spacial score (nSPS) is 18.8. The van der Waals surface area contributed by atoms with Gasteiger partial charge in [0.25, 0.3) is 0 Å². The van der Waals surface area contributed by atoms with E-state index in [-0.39, 0.29) is 5.92 Å². The van der Waals surface area contributed by atoms with E-state index in [0.29, 0.717) is 5.78 Å². The highest BCUT2D eigenvalue weighted by Crippen LogP contribution is 2.32. The summed E-state index contributed by atoms with van der Waals surface area (Å²) in [5.74, 6) is 0.484. The fourth-order valence-electron chi connectivity index (χ4n) is 3.29. The predicted molar refractivity (Wildman–Crippen MR) is 82.2 cm³/mol. The van der Waals surface area contributed by atoms with Crippen LogP contribution in [0.25, 0.3) is 10.9 Å². The van der Waals surface area contributed by atoms with Crippen LogP contribution in [0.5, 0.6) is 0 Å². The number of H-pyrrole nitrogens is 1. The minimum atomic E-state index is 0.154. The largest absolute Gasteiger partial charge is 0.358 e. The number of ketones is 1. The van der Waals surface area contributed by atoms with Gasteiger partial charge in [-0.3, -0.25) is 4.79 Å². The monoisotopic (exact) mass is 270 g/mol. The number of rotatable bonds is 4. The molecule has 3 rings (SSSR count). The quantitative estimate of drug-likeness (QED) is 0.925. The lowest BCUT2D eigenvalue weighted by Crippen LogP contribution is -2.35. The maximum absolute atomic E-state index is 12.8. The second kappa shape index (κ2) is 5.41. The van der Waals surface area contributed by atoms with Gasteiger partial charge in [-0.15, -0.1) is 0 Å². The molecule has 0 saturated heterocycles. The third-order valence-corrected chi connectivity index (χ3v) is 4.52. The summed E-state index contributed by atoms with van der Waals surface area (Å²) in [6, 6.07) is 8.14. The number of aromatic nitrogens is 1. The molecule has 20 heavy (non-hydrogen) atoms. The highest BCUT2D eigenvalue weighted by molar-refractivity contribution is 6.11. The molecule has 0 radical (unpaired) electrons. The van der Waals surface area contributed by atoms with Crippen LogP contribution in [0.2, 0.25) is 0 Å². The fourth-order valence-corrected chi connectivity index (χ4v) is 3.29. The molecule has 3 heteroatoms. The molecule has 1 aromatic heterocycles. The predicted octanol–water partition coefficient (Wildman–Crippen LogP) is 3.25. The first-order valence-electron chi connectivity index (χ1n) is 7.60. The molecule has 0 amide bonds. The lowest BCUT2D eigenvalue weighted by molar-refractivity contribution is 0.0864. The molecule has 1 aliphatic rings. The molecule has 1 aliphatic carbocycles. The Hall–Kier alpha value is -1.61. The Balaban J connectivity index is 1.93. The third kappa shape index (κ3) is 2.16. The van der Waals surface area contributed by atoms with Gasteiger partial charge in [-0.25, -0.2) is 0 Å². The van der Waals surface area contributed by atoms with Crippen molar-refractivity contribution in [3.63, 3.8) is 0 Å². The number of aryl methyl sites for hydroxylation is 1. The number of Topliss-reactive ketones (excluding diaryl/α,β-unsaturated/α-hetero) is 1. The number of carbonyl (C=O) groups excluding carboxylic acids is 1. The molecule has 106 valence electrons. The molecule has 1 atom stereocenters. The minimum Gasteiger partial charge on any atom is -0.358 e. The number of benzene rings is 1. The van der Waals surface area contributed by atoms with E-state index in [0.717, 1.165) is 54.6 Å². The van der Waals surface area contributed by atoms with Crippen molar-refractivity contribution in [1.82, 2.24) is 9.88 Å². The Bertz CT molecular complexity index is 625. The number of fused-ring (bicyclic) bond motifs is 3. The highest BCUT2D eigenvalue weighted by Gasteiger charge is 2.31. The number of nitrogens with one attached hydrogen (secondary N) is 1. The van der Waals surface area contributed by atoms with E-state index >= 15 is 0 Å². The molecule has 0 spiro atoms. The Kier molecular flexibility index (Phi) is 3.62. The van der Waals surface area contributed by atoms with Gasteiger partial charge in [0.15, 0.2) is 5.78 Å². The summed E-state index contributed by atoms with van der Waals surface area (Å²) in [6.45, 7) is 7.24. The number of carbonyl (C=O) groups is 1. The Labute approximate surface area is 120 Å². The van der Waals surface area contributed by atoms with E-state index in [1.165, 1.54) is 0 Å². The van der Waals surface area contributed by atoms with Crippen molar-refractivity contribution in [2.75, 3.05) is 19.6 Å². The summed E-state index contributed by atoms with van der Waals surface area (Å²) >= 11 is 0. The molecule has 0 saturated carbocycles. The van der Waals surface area contributed by atoms with Crippen LogP contribution in [0.4, 0.5) is 0 Å². The highest BCUT2D eigenvalue weighted by atomic mass is 16.1. The second-order valence-corrected chi connectivity index (χ2v) is 5.61. The molecule has 1 N–H and O–H groups in total. The number of para-hydroxylation sites is 1. The molecular weight excluding hydrogens is 248 g/mol. The molecule has 0 bridgehead atoms. The lowest BCUT2D eigenvalue weighted by atomic mass is 9.84. The topological polar surface area (TPSA) is 36.1 Å². The van der Waals surface area contributed by atoms with Crippen LogP contribution >= 0.6 is 0 Å². The summed E-state index contributed by atoms with van der Waals surface area (Å²) in [4.78, 5) is 18.6. The van der Waals surface area contributed by atoms with Crippen molar-refractivity contribution in [1.29, 1.82) is 0 Å². The van der Waals surface area contributed by atoms with E-state index < -0.39 is 0 Å². The van der Waals surface area contributed by atoms with Crippen molar-refractivity contribution in [2.24, 2.45) is 5.92 Å². The molecule has 3 nitrogen and oxygen atoms in total. The first-order chi connectivity index (χ1) is 9.74. The zero-order valence-electron chi connectivity index (χ0n) is 12.3. The molecule has 1 aromatic carbocycles. The lowest BCUT2D eigenvalue weighted by Gasteiger charge is -2.27. The van der Waals surface area contributed by atoms with Crippen molar-refractivity contribution in [3.05, 3.63) is 35.5 Å². The molecule has 0 aliphatic heterocycles. The van der Waals surface area contributed by atoms with Gasteiger partial charge in [-0.2, -0.15) is 0 Å². The standard InChI is InChI=1S/C17H22N2O/c1-3-19(4-2)11-12-9-10-15-16(17(12)20)13-7-5-6-8-14(13)18-15/h5-8,12,18H,3-4,9-11H2,1-2H3. The van der Waals surface area contributed by atoms with Crippen LogP contribution in [-0.4, -0.2) is 35.3 Å². The van der Waals surface area contributed by atoms with Gasteiger partial charge in [0.2, 0.25) is 0 Å². The summed E-state index contributed by atoms with van der Waals surface area (Å²) in [7, 11) is 0. The SMILES string of the molecule is CCN(CC)CC1CCc2[nH]c3ccccc3c2C1=O. The van der Waals surface area contributed by atoms with Gasteiger partial charge in [0, 0.05) is 34.6 Å². The van der Waals surface area contributed by atoms with Crippen LogP contribution in [0.1, 0.15) is 36.3 Å². The summed E-state index contributed by atoms with van der Waals surface area (Å²) in [6.07, 6.45) is 1.96. The van der Waals surface area contributed by atoms with Gasteiger partial charge in [-0.1, -0.05) is 32.0 Å². The fraction of sp³-hybridized carbons (Fsp3) is 0.471. The first-order valence-corrected chi connectivity index (χ1v) is 7.60. The van der Waals surface area contributed by atoms with E-state index in [4.69, 9.17) is 0 Å². The Morgan fingerprint density at radius 2 is 2.00 bits per heavy atom.